The Balaban J connectivity index is 1.98. The third-order valence-corrected chi connectivity index (χ3v) is 6.23. The number of hydrogen-bond acceptors (Lipinski definition) is 6. The molecule has 0 saturated carbocycles. The average molecular weight is 540 g/mol. The molecule has 1 aliphatic heterocycles. The van der Waals surface area contributed by atoms with Crippen LogP contribution in [0.2, 0.25) is 0 Å². The molecule has 0 radical (unpaired) electrons. The molecule has 9 nitrogen and oxygen atoms in total. The lowest BCUT2D eigenvalue weighted by Crippen LogP contribution is -2.58. The quantitative estimate of drug-likeness (QED) is 0.537. The molecule has 4 atom stereocenters. The van der Waals surface area contributed by atoms with E-state index < -0.39 is 53.6 Å². The van der Waals surface area contributed by atoms with Gasteiger partial charge in [-0.3, -0.25) is 9.69 Å². The minimum absolute atomic E-state index is 0.209. The van der Waals surface area contributed by atoms with Crippen LogP contribution in [-0.4, -0.2) is 68.6 Å². The van der Waals surface area contributed by atoms with Crippen molar-refractivity contribution < 1.29 is 29.0 Å². The summed E-state index contributed by atoms with van der Waals surface area (Å²) in [4.78, 5) is 42.9. The predicted molar refractivity (Wildman–Crippen MR) is 148 cm³/mol. The summed E-state index contributed by atoms with van der Waals surface area (Å²) in [6.07, 6.45) is -3.41. The lowest BCUT2D eigenvalue weighted by atomic mass is 9.95. The van der Waals surface area contributed by atoms with E-state index in [9.17, 15) is 19.5 Å². The van der Waals surface area contributed by atoms with E-state index in [0.717, 1.165) is 11.1 Å². The Labute approximate surface area is 231 Å². The van der Waals surface area contributed by atoms with Gasteiger partial charge >= 0.3 is 12.2 Å². The maximum Gasteiger partial charge on any atom is 0.412 e. The van der Waals surface area contributed by atoms with Gasteiger partial charge in [-0.2, -0.15) is 0 Å². The second kappa shape index (κ2) is 12.1. The van der Waals surface area contributed by atoms with Crippen LogP contribution >= 0.6 is 0 Å². The highest BCUT2D eigenvalue weighted by Crippen LogP contribution is 2.30. The molecule has 0 aromatic heterocycles. The predicted octanol–water partition coefficient (Wildman–Crippen LogP) is 4.48. The molecule has 0 bridgehead atoms. The fourth-order valence-electron chi connectivity index (χ4n) is 4.54. The molecule has 1 aliphatic rings. The van der Waals surface area contributed by atoms with Crippen molar-refractivity contribution in [2.24, 2.45) is 0 Å². The zero-order valence-electron chi connectivity index (χ0n) is 23.9. The van der Waals surface area contributed by atoms with Crippen molar-refractivity contribution in [1.82, 2.24) is 15.1 Å². The maximum absolute atomic E-state index is 13.9. The van der Waals surface area contributed by atoms with Crippen LogP contribution in [0.5, 0.6) is 0 Å². The van der Waals surface area contributed by atoms with Gasteiger partial charge in [-0.15, -0.1) is 0 Å². The van der Waals surface area contributed by atoms with E-state index in [-0.39, 0.29) is 13.0 Å². The highest BCUT2D eigenvalue weighted by Gasteiger charge is 2.52. The molecule has 2 aromatic carbocycles. The summed E-state index contributed by atoms with van der Waals surface area (Å²) in [7, 11) is 0. The van der Waals surface area contributed by atoms with Crippen molar-refractivity contribution in [1.29, 1.82) is 0 Å². The highest BCUT2D eigenvalue weighted by molar-refractivity contribution is 5.90. The number of aliphatic hydroxyl groups is 1. The highest BCUT2D eigenvalue weighted by atomic mass is 16.6. The van der Waals surface area contributed by atoms with E-state index >= 15 is 0 Å². The molecule has 0 spiro atoms. The first-order chi connectivity index (χ1) is 18.2. The molecule has 1 saturated heterocycles. The van der Waals surface area contributed by atoms with Gasteiger partial charge in [-0.05, 0) is 66.0 Å². The number of benzene rings is 2. The third kappa shape index (κ3) is 8.20. The zero-order chi connectivity index (χ0) is 29.0. The number of rotatable bonds is 7. The second-order valence-electron chi connectivity index (χ2n) is 11.8. The molecule has 3 rings (SSSR count). The normalized spacial score (nSPS) is 19.4. The van der Waals surface area contributed by atoms with Gasteiger partial charge in [0.2, 0.25) is 5.91 Å². The summed E-state index contributed by atoms with van der Waals surface area (Å²) in [6, 6.07) is 16.5. The van der Waals surface area contributed by atoms with E-state index in [1.54, 1.807) is 53.4 Å². The van der Waals surface area contributed by atoms with Gasteiger partial charge < -0.3 is 24.8 Å². The van der Waals surface area contributed by atoms with Crippen LogP contribution in [0.1, 0.15) is 59.6 Å². The summed E-state index contributed by atoms with van der Waals surface area (Å²) in [6.45, 7) is 12.4. The number of carbonyl (C=O) groups is 3. The Morgan fingerprint density at radius 2 is 1.41 bits per heavy atom. The van der Waals surface area contributed by atoms with Gasteiger partial charge in [0.15, 0.2) is 0 Å². The first-order valence-corrected chi connectivity index (χ1v) is 13.2. The number of ether oxygens (including phenoxy) is 2. The molecule has 212 valence electrons. The molecule has 3 unspecified atom stereocenters. The van der Waals surface area contributed by atoms with Crippen molar-refractivity contribution >= 4 is 18.1 Å². The smallest absolute Gasteiger partial charge is 0.412 e. The number of carbonyl (C=O) groups excluding carboxylic acids is 3. The number of nitrogens with zero attached hydrogens (tertiary/aromatic N) is 2. The monoisotopic (exact) mass is 539 g/mol. The molecule has 9 heteroatoms. The van der Waals surface area contributed by atoms with Crippen molar-refractivity contribution in [3.63, 3.8) is 0 Å². The van der Waals surface area contributed by atoms with E-state index in [2.05, 4.69) is 5.32 Å². The summed E-state index contributed by atoms with van der Waals surface area (Å²) in [5.74, 6) is -0.436. The number of amides is 3. The standard InChI is InChI=1S/C30H41N3O6/c1-20-32(19-22-16-12-9-13-17-22)26(35)24(33(20)28(37)39-30(5,6)7)25(34)23(18-21-14-10-8-11-15-21)31-27(36)38-29(2,3)4/h8-17,20,23-25,34H,18-19H2,1-7H3,(H,31,36)/t20?,23-,24?,25?/m0/s1. The molecule has 3 amide bonds. The summed E-state index contributed by atoms with van der Waals surface area (Å²) < 4.78 is 11.1. The minimum Gasteiger partial charge on any atom is -0.444 e. The lowest BCUT2D eigenvalue weighted by Gasteiger charge is -2.34. The van der Waals surface area contributed by atoms with Gasteiger partial charge in [0.25, 0.3) is 0 Å². The Morgan fingerprint density at radius 1 is 0.897 bits per heavy atom. The zero-order valence-corrected chi connectivity index (χ0v) is 23.9. The molecular formula is C30H41N3O6. The summed E-state index contributed by atoms with van der Waals surface area (Å²) >= 11 is 0. The first kappa shape index (κ1) is 30.0. The SMILES string of the molecule is CC1N(Cc2ccccc2)C(=O)C(C(O)[C@H](Cc2ccccc2)NC(=O)OC(C)(C)C)N1C(=O)OC(C)(C)C. The Bertz CT molecular complexity index is 1130. The van der Waals surface area contributed by atoms with Crippen LogP contribution in [0.15, 0.2) is 60.7 Å². The summed E-state index contributed by atoms with van der Waals surface area (Å²) in [5, 5.41) is 14.5. The maximum atomic E-state index is 13.9. The van der Waals surface area contributed by atoms with Crippen molar-refractivity contribution in [2.45, 2.75) is 97.0 Å². The molecule has 1 fully saturated rings. The van der Waals surface area contributed by atoms with Crippen LogP contribution < -0.4 is 5.32 Å². The number of hydrogen-bond donors (Lipinski definition) is 2. The van der Waals surface area contributed by atoms with Crippen LogP contribution in [-0.2, 0) is 27.2 Å². The van der Waals surface area contributed by atoms with Crippen LogP contribution in [0.4, 0.5) is 9.59 Å². The van der Waals surface area contributed by atoms with E-state index in [0.29, 0.717) is 0 Å². The second-order valence-corrected chi connectivity index (χ2v) is 11.8. The largest absolute Gasteiger partial charge is 0.444 e. The van der Waals surface area contributed by atoms with Gasteiger partial charge in [-0.25, -0.2) is 9.59 Å². The van der Waals surface area contributed by atoms with Crippen molar-refractivity contribution in [3.05, 3.63) is 71.8 Å². The fourth-order valence-corrected chi connectivity index (χ4v) is 4.54. The topological polar surface area (TPSA) is 108 Å². The Kier molecular flexibility index (Phi) is 9.27. The van der Waals surface area contributed by atoms with Gasteiger partial charge in [0.05, 0.1) is 6.04 Å². The van der Waals surface area contributed by atoms with Crippen molar-refractivity contribution in [3.8, 4) is 0 Å². The van der Waals surface area contributed by atoms with Crippen LogP contribution in [0.25, 0.3) is 0 Å². The first-order valence-electron chi connectivity index (χ1n) is 13.2. The number of alkyl carbamates (subject to hydrolysis) is 1. The van der Waals surface area contributed by atoms with Gasteiger partial charge in [0, 0.05) is 6.54 Å². The fraction of sp³-hybridized carbons (Fsp3) is 0.500. The lowest BCUT2D eigenvalue weighted by molar-refractivity contribution is -0.133. The van der Waals surface area contributed by atoms with Crippen LogP contribution in [0, 0.1) is 0 Å². The van der Waals surface area contributed by atoms with E-state index in [4.69, 9.17) is 9.47 Å². The Hall–Kier alpha value is -3.59. The molecule has 39 heavy (non-hydrogen) atoms. The molecule has 0 aliphatic carbocycles. The summed E-state index contributed by atoms with van der Waals surface area (Å²) in [5.41, 5.74) is 0.130. The average Bonchev–Trinajstić information content (AvgIpc) is 3.07. The van der Waals surface area contributed by atoms with E-state index in [1.807, 2.05) is 60.7 Å². The molecular weight excluding hydrogens is 498 g/mol. The number of aliphatic hydroxyl groups excluding tert-OH is 1. The third-order valence-electron chi connectivity index (χ3n) is 6.23. The molecule has 1 heterocycles. The van der Waals surface area contributed by atoms with Crippen LogP contribution in [0.3, 0.4) is 0 Å². The van der Waals surface area contributed by atoms with Gasteiger partial charge in [0.1, 0.15) is 29.5 Å². The molecule has 2 N–H and O–H groups in total. The molecule has 2 aromatic rings. The minimum atomic E-state index is -1.46. The van der Waals surface area contributed by atoms with Crippen molar-refractivity contribution in [2.75, 3.05) is 0 Å². The number of nitrogens with one attached hydrogen (secondary N) is 1. The van der Waals surface area contributed by atoms with E-state index in [1.165, 1.54) is 4.90 Å². The van der Waals surface area contributed by atoms with Gasteiger partial charge in [-0.1, -0.05) is 60.7 Å². The Morgan fingerprint density at radius 3 is 1.92 bits per heavy atom.